The fraction of sp³-hybridized carbons (Fsp3) is 0.615. The molecule has 126 valence electrons. The first-order valence-corrected chi connectivity index (χ1v) is 9.19. The van der Waals surface area contributed by atoms with E-state index in [1.54, 1.807) is 13.1 Å². The Morgan fingerprint density at radius 1 is 1.50 bits per heavy atom. The molecule has 2 rings (SSSR count). The van der Waals surface area contributed by atoms with Crippen LogP contribution >= 0.6 is 23.7 Å². The fourth-order valence-electron chi connectivity index (χ4n) is 2.28. The molecule has 1 amide bonds. The second-order valence-corrected chi connectivity index (χ2v) is 8.51. The van der Waals surface area contributed by atoms with Crippen molar-refractivity contribution in [1.29, 1.82) is 0 Å². The van der Waals surface area contributed by atoms with Crippen molar-refractivity contribution in [1.82, 2.24) is 14.9 Å². The third-order valence-corrected chi connectivity index (χ3v) is 7.09. The number of hydrogen-bond acceptors (Lipinski definition) is 5. The molecule has 1 aromatic rings. The van der Waals surface area contributed by atoms with Gasteiger partial charge in [0, 0.05) is 38.0 Å². The normalized spacial score (nSPS) is 18.2. The number of likely N-dealkylation sites (N-methyl/N-ethyl adjacent to an activating group) is 1. The average molecular weight is 368 g/mol. The molecule has 1 aromatic heterocycles. The van der Waals surface area contributed by atoms with Gasteiger partial charge in [-0.1, -0.05) is 0 Å². The van der Waals surface area contributed by atoms with Crippen LogP contribution in [0.15, 0.2) is 16.3 Å². The van der Waals surface area contributed by atoms with E-state index in [0.717, 1.165) is 17.8 Å². The van der Waals surface area contributed by atoms with Crippen LogP contribution in [0.2, 0.25) is 0 Å². The number of nitrogens with one attached hydrogen (secondary N) is 2. The maximum atomic E-state index is 12.6. The van der Waals surface area contributed by atoms with E-state index in [1.807, 2.05) is 6.07 Å². The van der Waals surface area contributed by atoms with Crippen molar-refractivity contribution >= 4 is 39.7 Å². The van der Waals surface area contributed by atoms with E-state index in [2.05, 4.69) is 10.6 Å². The van der Waals surface area contributed by atoms with Crippen LogP contribution in [-0.4, -0.2) is 51.4 Å². The Kier molecular flexibility index (Phi) is 7.27. The number of thiophene rings is 1. The zero-order chi connectivity index (χ0) is 15.5. The van der Waals surface area contributed by atoms with Gasteiger partial charge in [0.1, 0.15) is 4.21 Å². The van der Waals surface area contributed by atoms with Gasteiger partial charge in [0.05, 0.1) is 0 Å². The van der Waals surface area contributed by atoms with Gasteiger partial charge >= 0.3 is 0 Å². The van der Waals surface area contributed by atoms with Crippen LogP contribution in [0.1, 0.15) is 18.2 Å². The topological polar surface area (TPSA) is 78.5 Å². The lowest BCUT2D eigenvalue weighted by Gasteiger charge is -2.22. The standard InChI is InChI=1S/C13H21N3O3S2.ClH/c1-10(17)15-8-6-12-3-4-13(20-12)21(18,19)16(2)11-5-7-14-9-11;/h3-4,11,14H,5-9H2,1-2H3,(H,15,17);1H. The smallest absolute Gasteiger partial charge is 0.252 e. The Morgan fingerprint density at radius 3 is 2.82 bits per heavy atom. The summed E-state index contributed by atoms with van der Waals surface area (Å²) in [6.07, 6.45) is 1.49. The molecule has 6 nitrogen and oxygen atoms in total. The molecule has 1 fully saturated rings. The number of sulfonamides is 1. The van der Waals surface area contributed by atoms with Crippen LogP contribution in [0.3, 0.4) is 0 Å². The molecule has 0 radical (unpaired) electrons. The third-order valence-electron chi connectivity index (χ3n) is 3.56. The summed E-state index contributed by atoms with van der Waals surface area (Å²) < 4.78 is 26.9. The highest BCUT2D eigenvalue weighted by atomic mass is 35.5. The quantitative estimate of drug-likeness (QED) is 0.780. The molecule has 0 aromatic carbocycles. The Morgan fingerprint density at radius 2 is 2.23 bits per heavy atom. The minimum Gasteiger partial charge on any atom is -0.356 e. The summed E-state index contributed by atoms with van der Waals surface area (Å²) in [5.41, 5.74) is 0. The highest BCUT2D eigenvalue weighted by Gasteiger charge is 2.30. The van der Waals surface area contributed by atoms with E-state index < -0.39 is 10.0 Å². The lowest BCUT2D eigenvalue weighted by molar-refractivity contribution is -0.118. The highest BCUT2D eigenvalue weighted by molar-refractivity contribution is 7.91. The van der Waals surface area contributed by atoms with Gasteiger partial charge in [-0.25, -0.2) is 8.42 Å². The van der Waals surface area contributed by atoms with Crippen LogP contribution in [-0.2, 0) is 21.2 Å². The minimum absolute atomic E-state index is 0. The molecule has 2 heterocycles. The Balaban J connectivity index is 0.00000242. The summed E-state index contributed by atoms with van der Waals surface area (Å²) in [5.74, 6) is -0.0760. The lowest BCUT2D eigenvalue weighted by Crippen LogP contribution is -2.37. The Hall–Kier alpha value is -0.670. The first kappa shape index (κ1) is 19.4. The van der Waals surface area contributed by atoms with E-state index in [0.29, 0.717) is 23.7 Å². The molecule has 0 bridgehead atoms. The number of rotatable bonds is 6. The van der Waals surface area contributed by atoms with Gasteiger partial charge in [0.2, 0.25) is 5.91 Å². The molecule has 1 saturated heterocycles. The first-order valence-electron chi connectivity index (χ1n) is 6.93. The van der Waals surface area contributed by atoms with E-state index in [-0.39, 0.29) is 24.4 Å². The van der Waals surface area contributed by atoms with Crippen LogP contribution in [0.5, 0.6) is 0 Å². The van der Waals surface area contributed by atoms with Crippen molar-refractivity contribution in [2.75, 3.05) is 26.7 Å². The minimum atomic E-state index is -3.42. The monoisotopic (exact) mass is 367 g/mol. The highest BCUT2D eigenvalue weighted by Crippen LogP contribution is 2.26. The SMILES string of the molecule is CC(=O)NCCc1ccc(S(=O)(=O)N(C)C2CCNC2)s1.Cl. The van der Waals surface area contributed by atoms with Gasteiger partial charge < -0.3 is 10.6 Å². The van der Waals surface area contributed by atoms with E-state index in [1.165, 1.54) is 22.6 Å². The molecular weight excluding hydrogens is 346 g/mol. The molecule has 1 unspecified atom stereocenters. The van der Waals surface area contributed by atoms with Crippen molar-refractivity contribution in [2.45, 2.75) is 30.0 Å². The maximum Gasteiger partial charge on any atom is 0.252 e. The van der Waals surface area contributed by atoms with Crippen LogP contribution < -0.4 is 10.6 Å². The Labute approximate surface area is 141 Å². The lowest BCUT2D eigenvalue weighted by atomic mass is 10.3. The molecule has 0 saturated carbocycles. The summed E-state index contributed by atoms with van der Waals surface area (Å²) in [6, 6.07) is 3.50. The number of nitrogens with zero attached hydrogens (tertiary/aromatic N) is 1. The van der Waals surface area contributed by atoms with E-state index in [9.17, 15) is 13.2 Å². The van der Waals surface area contributed by atoms with Crippen molar-refractivity contribution < 1.29 is 13.2 Å². The van der Waals surface area contributed by atoms with Crippen molar-refractivity contribution in [3.05, 3.63) is 17.0 Å². The van der Waals surface area contributed by atoms with Gasteiger partial charge in [-0.15, -0.1) is 23.7 Å². The molecule has 0 aliphatic carbocycles. The first-order chi connectivity index (χ1) is 9.91. The maximum absolute atomic E-state index is 12.6. The van der Waals surface area contributed by atoms with E-state index in [4.69, 9.17) is 0 Å². The number of halogens is 1. The molecule has 1 atom stereocenters. The zero-order valence-corrected chi connectivity index (χ0v) is 15.1. The summed E-state index contributed by atoms with van der Waals surface area (Å²) in [5, 5.41) is 5.89. The van der Waals surface area contributed by atoms with Gasteiger partial charge in [0.25, 0.3) is 10.0 Å². The summed E-state index contributed by atoms with van der Waals surface area (Å²) >= 11 is 1.28. The van der Waals surface area contributed by atoms with Crippen molar-refractivity contribution in [2.24, 2.45) is 0 Å². The molecule has 1 aliphatic heterocycles. The third kappa shape index (κ3) is 4.66. The summed E-state index contributed by atoms with van der Waals surface area (Å²) in [4.78, 5) is 11.8. The molecular formula is C13H22ClN3O3S2. The molecule has 0 spiro atoms. The second-order valence-electron chi connectivity index (χ2n) is 5.12. The number of amides is 1. The van der Waals surface area contributed by atoms with Crippen molar-refractivity contribution in [3.63, 3.8) is 0 Å². The van der Waals surface area contributed by atoms with Crippen molar-refractivity contribution in [3.8, 4) is 0 Å². The van der Waals surface area contributed by atoms with Gasteiger partial charge in [0.15, 0.2) is 0 Å². The fourth-order valence-corrected chi connectivity index (χ4v) is 5.21. The Bertz CT molecular complexity index is 597. The molecule has 9 heteroatoms. The van der Waals surface area contributed by atoms with Gasteiger partial charge in [-0.3, -0.25) is 4.79 Å². The average Bonchev–Trinajstić information content (AvgIpc) is 3.08. The second kappa shape index (κ2) is 8.26. The molecule has 22 heavy (non-hydrogen) atoms. The number of hydrogen-bond donors (Lipinski definition) is 2. The van der Waals surface area contributed by atoms with Gasteiger partial charge in [-0.2, -0.15) is 4.31 Å². The molecule has 2 N–H and O–H groups in total. The van der Waals surface area contributed by atoms with Crippen LogP contribution in [0.4, 0.5) is 0 Å². The van der Waals surface area contributed by atoms with Crippen LogP contribution in [0, 0.1) is 0 Å². The van der Waals surface area contributed by atoms with Crippen LogP contribution in [0.25, 0.3) is 0 Å². The number of carbonyl (C=O) groups is 1. The summed E-state index contributed by atoms with van der Waals surface area (Å²) in [6.45, 7) is 3.56. The predicted molar refractivity (Wildman–Crippen MR) is 90.2 cm³/mol. The predicted octanol–water partition coefficient (Wildman–Crippen LogP) is 0.831. The number of carbonyl (C=O) groups excluding carboxylic acids is 1. The van der Waals surface area contributed by atoms with Gasteiger partial charge in [-0.05, 0) is 31.5 Å². The van der Waals surface area contributed by atoms with E-state index >= 15 is 0 Å². The molecule has 1 aliphatic rings. The summed E-state index contributed by atoms with van der Waals surface area (Å²) in [7, 11) is -1.78. The largest absolute Gasteiger partial charge is 0.356 e. The zero-order valence-electron chi connectivity index (χ0n) is 12.7.